The number of nitrogens with zero attached hydrogens (tertiary/aromatic N) is 2. The fourth-order valence-corrected chi connectivity index (χ4v) is 3.93. The average Bonchev–Trinajstić information content (AvgIpc) is 2.48. The standard InChI is InChI=1S/C15H21N3O2S/c1-3-5-11-18(4-2)21(19,20)14-9-8-13(16)12-7-6-10-17-15(12)14/h6-10H,3-5,11,16H2,1-2H3. The lowest BCUT2D eigenvalue weighted by molar-refractivity contribution is 0.419. The van der Waals surface area contributed by atoms with E-state index in [1.807, 2.05) is 13.8 Å². The zero-order valence-electron chi connectivity index (χ0n) is 12.4. The molecule has 0 bridgehead atoms. The largest absolute Gasteiger partial charge is 0.398 e. The Balaban J connectivity index is 2.57. The van der Waals surface area contributed by atoms with E-state index in [-0.39, 0.29) is 4.90 Å². The van der Waals surface area contributed by atoms with Crippen LogP contribution in [0, 0.1) is 0 Å². The maximum absolute atomic E-state index is 12.8. The van der Waals surface area contributed by atoms with Crippen LogP contribution in [0.1, 0.15) is 26.7 Å². The summed E-state index contributed by atoms with van der Waals surface area (Å²) in [5.41, 5.74) is 6.88. The lowest BCUT2D eigenvalue weighted by Gasteiger charge is -2.21. The quantitative estimate of drug-likeness (QED) is 0.832. The Hall–Kier alpha value is -1.66. The molecule has 0 aliphatic heterocycles. The SMILES string of the molecule is CCCCN(CC)S(=O)(=O)c1ccc(N)c2cccnc12. The molecular weight excluding hydrogens is 286 g/mol. The second-order valence-corrected chi connectivity index (χ2v) is 6.81. The number of pyridine rings is 1. The number of hydrogen-bond donors (Lipinski definition) is 1. The average molecular weight is 307 g/mol. The minimum Gasteiger partial charge on any atom is -0.398 e. The molecule has 0 aliphatic rings. The van der Waals surface area contributed by atoms with Crippen molar-refractivity contribution in [1.82, 2.24) is 9.29 Å². The molecule has 1 aromatic carbocycles. The summed E-state index contributed by atoms with van der Waals surface area (Å²) in [6.45, 7) is 4.86. The summed E-state index contributed by atoms with van der Waals surface area (Å²) in [5.74, 6) is 0. The van der Waals surface area contributed by atoms with Crippen molar-refractivity contribution in [1.29, 1.82) is 0 Å². The summed E-state index contributed by atoms with van der Waals surface area (Å²) < 4.78 is 27.2. The van der Waals surface area contributed by atoms with Crippen LogP contribution in [0.3, 0.4) is 0 Å². The Morgan fingerprint density at radius 2 is 2.00 bits per heavy atom. The van der Waals surface area contributed by atoms with Gasteiger partial charge in [-0.15, -0.1) is 0 Å². The van der Waals surface area contributed by atoms with Crippen molar-refractivity contribution in [3.63, 3.8) is 0 Å². The highest BCUT2D eigenvalue weighted by molar-refractivity contribution is 7.89. The number of rotatable bonds is 6. The van der Waals surface area contributed by atoms with Crippen LogP contribution < -0.4 is 5.73 Å². The first kappa shape index (κ1) is 15.7. The Bertz CT molecular complexity index is 729. The second-order valence-electron chi connectivity index (χ2n) is 4.90. The third-order valence-corrected chi connectivity index (χ3v) is 5.50. The highest BCUT2D eigenvalue weighted by atomic mass is 32.2. The molecule has 1 heterocycles. The second kappa shape index (κ2) is 6.41. The van der Waals surface area contributed by atoms with Gasteiger partial charge in [-0.25, -0.2) is 8.42 Å². The van der Waals surface area contributed by atoms with Crippen molar-refractivity contribution >= 4 is 26.6 Å². The first-order valence-corrected chi connectivity index (χ1v) is 8.59. The van der Waals surface area contributed by atoms with Crippen LogP contribution in [0.4, 0.5) is 5.69 Å². The maximum Gasteiger partial charge on any atom is 0.245 e. The van der Waals surface area contributed by atoms with Gasteiger partial charge in [0.2, 0.25) is 10.0 Å². The summed E-state index contributed by atoms with van der Waals surface area (Å²) in [5, 5.41) is 0.671. The Morgan fingerprint density at radius 3 is 2.67 bits per heavy atom. The first-order valence-electron chi connectivity index (χ1n) is 7.15. The molecule has 0 amide bonds. The highest BCUT2D eigenvalue weighted by Crippen LogP contribution is 2.28. The van der Waals surface area contributed by atoms with Gasteiger partial charge < -0.3 is 5.73 Å². The normalized spacial score (nSPS) is 12.1. The van der Waals surface area contributed by atoms with Gasteiger partial charge in [0.05, 0.1) is 5.52 Å². The Kier molecular flexibility index (Phi) is 4.80. The number of aromatic nitrogens is 1. The molecule has 2 aromatic rings. The van der Waals surface area contributed by atoms with E-state index in [0.29, 0.717) is 29.7 Å². The van der Waals surface area contributed by atoms with Gasteiger partial charge in [-0.1, -0.05) is 20.3 Å². The van der Waals surface area contributed by atoms with Crippen molar-refractivity contribution in [2.75, 3.05) is 18.8 Å². The van der Waals surface area contributed by atoms with E-state index in [9.17, 15) is 8.42 Å². The molecule has 0 spiro atoms. The van der Waals surface area contributed by atoms with E-state index in [1.165, 1.54) is 4.31 Å². The fraction of sp³-hybridized carbons (Fsp3) is 0.400. The maximum atomic E-state index is 12.8. The van der Waals surface area contributed by atoms with Gasteiger partial charge in [-0.3, -0.25) is 4.98 Å². The van der Waals surface area contributed by atoms with Crippen LogP contribution in [-0.4, -0.2) is 30.8 Å². The van der Waals surface area contributed by atoms with Crippen LogP contribution >= 0.6 is 0 Å². The zero-order valence-corrected chi connectivity index (χ0v) is 13.2. The van der Waals surface area contributed by atoms with E-state index >= 15 is 0 Å². The van der Waals surface area contributed by atoms with E-state index in [1.54, 1.807) is 30.5 Å². The number of nitrogen functional groups attached to an aromatic ring is 1. The predicted molar refractivity (Wildman–Crippen MR) is 85.5 cm³/mol. The van der Waals surface area contributed by atoms with E-state index in [4.69, 9.17) is 5.73 Å². The number of hydrogen-bond acceptors (Lipinski definition) is 4. The van der Waals surface area contributed by atoms with Crippen LogP contribution in [0.2, 0.25) is 0 Å². The molecule has 5 nitrogen and oxygen atoms in total. The summed E-state index contributed by atoms with van der Waals surface area (Å²) in [6, 6.07) is 6.72. The van der Waals surface area contributed by atoms with Crippen molar-refractivity contribution in [2.45, 2.75) is 31.6 Å². The molecule has 2 rings (SSSR count). The number of nitrogens with two attached hydrogens (primary N) is 1. The predicted octanol–water partition coefficient (Wildman–Crippen LogP) is 2.63. The van der Waals surface area contributed by atoms with Crippen LogP contribution in [0.25, 0.3) is 10.9 Å². The molecule has 0 fully saturated rings. The molecular formula is C15H21N3O2S. The van der Waals surface area contributed by atoms with Gasteiger partial charge in [0.1, 0.15) is 4.90 Å². The number of benzene rings is 1. The van der Waals surface area contributed by atoms with Crippen LogP contribution in [0.15, 0.2) is 35.4 Å². The van der Waals surface area contributed by atoms with E-state index < -0.39 is 10.0 Å². The molecule has 2 N–H and O–H groups in total. The van der Waals surface area contributed by atoms with Crippen molar-refractivity contribution in [2.24, 2.45) is 0 Å². The fourth-order valence-electron chi connectivity index (χ4n) is 2.30. The molecule has 0 saturated carbocycles. The summed E-state index contributed by atoms with van der Waals surface area (Å²) in [4.78, 5) is 4.45. The molecule has 1 aromatic heterocycles. The topological polar surface area (TPSA) is 76.3 Å². The van der Waals surface area contributed by atoms with Gasteiger partial charge in [0.25, 0.3) is 0 Å². The monoisotopic (exact) mass is 307 g/mol. The smallest absolute Gasteiger partial charge is 0.245 e. The molecule has 0 aliphatic carbocycles. The summed E-state index contributed by atoms with van der Waals surface area (Å²) in [7, 11) is -3.55. The molecule has 0 radical (unpaired) electrons. The lowest BCUT2D eigenvalue weighted by Crippen LogP contribution is -2.32. The van der Waals surface area contributed by atoms with Gasteiger partial charge in [0, 0.05) is 30.4 Å². The van der Waals surface area contributed by atoms with Gasteiger partial charge in [-0.2, -0.15) is 4.31 Å². The van der Waals surface area contributed by atoms with Crippen LogP contribution in [-0.2, 0) is 10.0 Å². The number of fused-ring (bicyclic) bond motifs is 1. The first-order chi connectivity index (χ1) is 10.0. The third kappa shape index (κ3) is 3.01. The molecule has 0 saturated heterocycles. The van der Waals surface area contributed by atoms with Gasteiger partial charge in [0.15, 0.2) is 0 Å². The van der Waals surface area contributed by atoms with Crippen molar-refractivity contribution < 1.29 is 8.42 Å². The number of anilines is 1. The van der Waals surface area contributed by atoms with Crippen LogP contribution in [0.5, 0.6) is 0 Å². The summed E-state index contributed by atoms with van der Waals surface area (Å²) >= 11 is 0. The molecule has 0 atom stereocenters. The van der Waals surface area contributed by atoms with Gasteiger partial charge in [-0.05, 0) is 30.7 Å². The van der Waals surface area contributed by atoms with Gasteiger partial charge >= 0.3 is 0 Å². The minimum absolute atomic E-state index is 0.227. The summed E-state index contributed by atoms with van der Waals surface area (Å²) in [6.07, 6.45) is 3.38. The molecule has 114 valence electrons. The number of unbranched alkanes of at least 4 members (excludes halogenated alkanes) is 1. The highest BCUT2D eigenvalue weighted by Gasteiger charge is 2.25. The Labute approximate surface area is 125 Å². The molecule has 21 heavy (non-hydrogen) atoms. The number of sulfonamides is 1. The zero-order chi connectivity index (χ0) is 15.5. The molecule has 0 unspecified atom stereocenters. The lowest BCUT2D eigenvalue weighted by atomic mass is 10.2. The minimum atomic E-state index is -3.55. The van der Waals surface area contributed by atoms with Crippen molar-refractivity contribution in [3.05, 3.63) is 30.5 Å². The third-order valence-electron chi connectivity index (χ3n) is 3.50. The van der Waals surface area contributed by atoms with Crippen molar-refractivity contribution in [3.8, 4) is 0 Å². The van der Waals surface area contributed by atoms with E-state index in [0.717, 1.165) is 12.8 Å². The van der Waals surface area contributed by atoms with E-state index in [2.05, 4.69) is 4.98 Å². The molecule has 6 heteroatoms. The Morgan fingerprint density at radius 1 is 1.24 bits per heavy atom.